The van der Waals surface area contributed by atoms with Gasteiger partial charge in [-0.05, 0) is 42.5 Å². The van der Waals surface area contributed by atoms with Crippen LogP contribution in [-0.2, 0) is 12.8 Å². The minimum Gasteiger partial charge on any atom is -0.494 e. The molecule has 0 radical (unpaired) electrons. The number of nitrogens with two attached hydrogens (primary N) is 1. The summed E-state index contributed by atoms with van der Waals surface area (Å²) in [6.07, 6.45) is 3.34. The highest BCUT2D eigenvalue weighted by Crippen LogP contribution is 2.34. The summed E-state index contributed by atoms with van der Waals surface area (Å²) >= 11 is 0. The van der Waals surface area contributed by atoms with E-state index in [0.29, 0.717) is 11.5 Å². The highest BCUT2D eigenvalue weighted by molar-refractivity contribution is 5.57. The Hall–Kier alpha value is -2.23. The lowest BCUT2D eigenvalue weighted by Gasteiger charge is -2.11. The van der Waals surface area contributed by atoms with Gasteiger partial charge in [0.05, 0.1) is 12.8 Å². The number of fused-ring (bicyclic) bond motifs is 1. The minimum absolute atomic E-state index is 0.119. The van der Waals surface area contributed by atoms with Crippen molar-refractivity contribution in [2.45, 2.75) is 19.3 Å². The number of anilines is 1. The molecule has 4 heteroatoms. The molecule has 0 bridgehead atoms. The van der Waals surface area contributed by atoms with Gasteiger partial charge in [0.25, 0.3) is 0 Å². The van der Waals surface area contributed by atoms with Crippen LogP contribution < -0.4 is 15.2 Å². The summed E-state index contributed by atoms with van der Waals surface area (Å²) in [4.78, 5) is 0. The summed E-state index contributed by atoms with van der Waals surface area (Å²) in [7, 11) is 1.49. The van der Waals surface area contributed by atoms with Crippen molar-refractivity contribution >= 4 is 5.69 Å². The third-order valence-electron chi connectivity index (χ3n) is 3.58. The van der Waals surface area contributed by atoms with Gasteiger partial charge in [0.1, 0.15) is 11.5 Å². The molecule has 0 aliphatic heterocycles. The Morgan fingerprint density at radius 3 is 2.65 bits per heavy atom. The molecule has 2 aromatic carbocycles. The van der Waals surface area contributed by atoms with Crippen LogP contribution in [0.15, 0.2) is 30.3 Å². The van der Waals surface area contributed by atoms with Crippen LogP contribution in [0.1, 0.15) is 17.5 Å². The highest BCUT2D eigenvalue weighted by Gasteiger charge is 2.14. The maximum absolute atomic E-state index is 13.9. The Labute approximate surface area is 117 Å². The van der Waals surface area contributed by atoms with Crippen LogP contribution in [0.3, 0.4) is 0 Å². The van der Waals surface area contributed by atoms with Gasteiger partial charge in [0.15, 0.2) is 11.6 Å². The van der Waals surface area contributed by atoms with Crippen molar-refractivity contribution in [3.8, 4) is 17.2 Å². The number of aryl methyl sites for hydroxylation is 2. The highest BCUT2D eigenvalue weighted by atomic mass is 19.1. The quantitative estimate of drug-likeness (QED) is 0.867. The smallest absolute Gasteiger partial charge is 0.168 e. The zero-order valence-corrected chi connectivity index (χ0v) is 11.3. The molecule has 0 heterocycles. The van der Waals surface area contributed by atoms with E-state index >= 15 is 0 Å². The van der Waals surface area contributed by atoms with Crippen LogP contribution in [0.4, 0.5) is 10.1 Å². The second-order valence-electron chi connectivity index (χ2n) is 4.91. The molecule has 0 spiro atoms. The Balaban J connectivity index is 1.91. The maximum atomic E-state index is 13.9. The standard InChI is InChI=1S/C16H16FNO2/c1-19-16-9-15(13(17)8-14(16)18)20-12-6-5-10-3-2-4-11(10)7-12/h5-9H,2-4,18H2,1H3. The molecular formula is C16H16FNO2. The summed E-state index contributed by atoms with van der Waals surface area (Å²) in [5, 5.41) is 0. The number of halogens is 1. The van der Waals surface area contributed by atoms with Crippen molar-refractivity contribution in [2.75, 3.05) is 12.8 Å². The van der Waals surface area contributed by atoms with E-state index < -0.39 is 5.82 Å². The summed E-state index contributed by atoms with van der Waals surface area (Å²) in [6, 6.07) is 8.57. The van der Waals surface area contributed by atoms with Crippen molar-refractivity contribution in [1.82, 2.24) is 0 Å². The van der Waals surface area contributed by atoms with Gasteiger partial charge in [0, 0.05) is 12.1 Å². The molecule has 0 saturated carbocycles. The second kappa shape index (κ2) is 5.04. The maximum Gasteiger partial charge on any atom is 0.168 e. The lowest BCUT2D eigenvalue weighted by Crippen LogP contribution is -1.96. The Kier molecular flexibility index (Phi) is 3.22. The SMILES string of the molecule is COc1cc(Oc2ccc3c(c2)CCC3)c(F)cc1N. The molecule has 2 N–H and O–H groups in total. The lowest BCUT2D eigenvalue weighted by molar-refractivity contribution is 0.403. The van der Waals surface area contributed by atoms with Gasteiger partial charge in [-0.1, -0.05) is 6.07 Å². The number of nitrogen functional groups attached to an aromatic ring is 1. The predicted octanol–water partition coefficient (Wildman–Crippen LogP) is 3.70. The van der Waals surface area contributed by atoms with Crippen LogP contribution >= 0.6 is 0 Å². The van der Waals surface area contributed by atoms with Crippen LogP contribution in [0.5, 0.6) is 17.2 Å². The van der Waals surface area contributed by atoms with Crippen LogP contribution in [0, 0.1) is 5.82 Å². The average molecular weight is 273 g/mol. The normalized spacial score (nSPS) is 13.1. The number of benzene rings is 2. The predicted molar refractivity (Wildman–Crippen MR) is 75.9 cm³/mol. The molecule has 1 aliphatic rings. The van der Waals surface area contributed by atoms with Gasteiger partial charge < -0.3 is 15.2 Å². The van der Waals surface area contributed by atoms with E-state index in [2.05, 4.69) is 0 Å². The first-order valence-corrected chi connectivity index (χ1v) is 6.60. The van der Waals surface area contributed by atoms with Crippen molar-refractivity contribution in [1.29, 1.82) is 0 Å². The molecule has 0 saturated heterocycles. The third kappa shape index (κ3) is 2.29. The number of hydrogen-bond acceptors (Lipinski definition) is 3. The van der Waals surface area contributed by atoms with Gasteiger partial charge in [-0.3, -0.25) is 0 Å². The van der Waals surface area contributed by atoms with E-state index in [1.54, 1.807) is 0 Å². The van der Waals surface area contributed by atoms with Crippen molar-refractivity contribution < 1.29 is 13.9 Å². The Bertz CT molecular complexity index is 655. The van der Waals surface area contributed by atoms with E-state index in [9.17, 15) is 4.39 Å². The molecule has 0 amide bonds. The van der Waals surface area contributed by atoms with Gasteiger partial charge in [-0.2, -0.15) is 0 Å². The van der Waals surface area contributed by atoms with E-state index in [-0.39, 0.29) is 11.4 Å². The van der Waals surface area contributed by atoms with E-state index in [1.165, 1.54) is 36.8 Å². The molecule has 3 rings (SSSR count). The van der Waals surface area contributed by atoms with E-state index in [0.717, 1.165) is 12.8 Å². The summed E-state index contributed by atoms with van der Waals surface area (Å²) < 4.78 is 24.6. The number of rotatable bonds is 3. The Morgan fingerprint density at radius 1 is 1.05 bits per heavy atom. The first kappa shape index (κ1) is 12.8. The third-order valence-corrected chi connectivity index (χ3v) is 3.58. The molecule has 0 fully saturated rings. The molecule has 0 atom stereocenters. The summed E-state index contributed by atoms with van der Waals surface area (Å²) in [5.74, 6) is 0.664. The largest absolute Gasteiger partial charge is 0.494 e. The van der Waals surface area contributed by atoms with Crippen LogP contribution in [-0.4, -0.2) is 7.11 Å². The lowest BCUT2D eigenvalue weighted by atomic mass is 10.1. The zero-order valence-electron chi connectivity index (χ0n) is 11.3. The fourth-order valence-corrected chi connectivity index (χ4v) is 2.54. The monoisotopic (exact) mass is 273 g/mol. The molecule has 2 aromatic rings. The van der Waals surface area contributed by atoms with Crippen molar-refractivity contribution in [2.24, 2.45) is 0 Å². The van der Waals surface area contributed by atoms with E-state index in [1.807, 2.05) is 18.2 Å². The molecule has 104 valence electrons. The minimum atomic E-state index is -0.496. The number of methoxy groups -OCH3 is 1. The number of hydrogen-bond donors (Lipinski definition) is 1. The number of ether oxygens (including phenoxy) is 2. The van der Waals surface area contributed by atoms with Gasteiger partial charge in [-0.15, -0.1) is 0 Å². The molecule has 0 unspecified atom stereocenters. The molecule has 1 aliphatic carbocycles. The average Bonchev–Trinajstić information content (AvgIpc) is 2.89. The second-order valence-corrected chi connectivity index (χ2v) is 4.91. The molecule has 0 aromatic heterocycles. The van der Waals surface area contributed by atoms with Gasteiger partial charge in [0.2, 0.25) is 0 Å². The van der Waals surface area contributed by atoms with Crippen molar-refractivity contribution in [3.05, 3.63) is 47.3 Å². The first-order chi connectivity index (χ1) is 9.67. The van der Waals surface area contributed by atoms with Gasteiger partial charge >= 0.3 is 0 Å². The van der Waals surface area contributed by atoms with Gasteiger partial charge in [-0.25, -0.2) is 4.39 Å². The summed E-state index contributed by atoms with van der Waals surface area (Å²) in [6.45, 7) is 0. The van der Waals surface area contributed by atoms with Crippen LogP contribution in [0.25, 0.3) is 0 Å². The molecule has 3 nitrogen and oxygen atoms in total. The summed E-state index contributed by atoms with van der Waals surface area (Å²) in [5.41, 5.74) is 8.54. The zero-order chi connectivity index (χ0) is 14.1. The van der Waals surface area contributed by atoms with Crippen molar-refractivity contribution in [3.63, 3.8) is 0 Å². The fourth-order valence-electron chi connectivity index (χ4n) is 2.54. The van der Waals surface area contributed by atoms with E-state index in [4.69, 9.17) is 15.2 Å². The van der Waals surface area contributed by atoms with Crippen LogP contribution in [0.2, 0.25) is 0 Å². The fraction of sp³-hybridized carbons (Fsp3) is 0.250. The molecular weight excluding hydrogens is 257 g/mol. The Morgan fingerprint density at radius 2 is 1.85 bits per heavy atom. The molecule has 20 heavy (non-hydrogen) atoms. The first-order valence-electron chi connectivity index (χ1n) is 6.60. The topological polar surface area (TPSA) is 44.5 Å².